The lowest BCUT2D eigenvalue weighted by atomic mass is 9.98. The molecule has 0 radical (unpaired) electrons. The Balaban J connectivity index is 1.93. The van der Waals surface area contributed by atoms with E-state index >= 15 is 4.39 Å². The Labute approximate surface area is 227 Å². The Bertz CT molecular complexity index is 1370. The fourth-order valence-corrected chi connectivity index (χ4v) is 5.20. The number of carbonyl (C=O) groups is 2. The molecule has 40 heavy (non-hydrogen) atoms. The van der Waals surface area contributed by atoms with E-state index < -0.39 is 73.5 Å². The van der Waals surface area contributed by atoms with Crippen molar-refractivity contribution in [2.24, 2.45) is 0 Å². The highest BCUT2D eigenvalue weighted by molar-refractivity contribution is 7.52. The summed E-state index contributed by atoms with van der Waals surface area (Å²) in [4.78, 5) is 49.8. The van der Waals surface area contributed by atoms with Crippen LogP contribution < -0.4 is 20.9 Å². The smallest absolute Gasteiger partial charge is 0.480 e. The van der Waals surface area contributed by atoms with Gasteiger partial charge in [-0.2, -0.15) is 5.09 Å². The minimum atomic E-state index is -4.47. The molecule has 3 rings (SSSR count). The molecule has 3 N–H and O–H groups in total. The fourth-order valence-electron chi connectivity index (χ4n) is 3.69. The van der Waals surface area contributed by atoms with Gasteiger partial charge in [0.1, 0.15) is 23.5 Å². The van der Waals surface area contributed by atoms with E-state index in [1.54, 1.807) is 39.0 Å². The van der Waals surface area contributed by atoms with Crippen molar-refractivity contribution in [3.8, 4) is 5.75 Å². The number of benzene rings is 1. The second kappa shape index (κ2) is 11.9. The Hall–Kier alpha value is -3.52. The Morgan fingerprint density at radius 1 is 1.25 bits per heavy atom. The summed E-state index contributed by atoms with van der Waals surface area (Å²) >= 11 is 0. The van der Waals surface area contributed by atoms with E-state index in [-0.39, 0.29) is 5.75 Å². The van der Waals surface area contributed by atoms with Crippen LogP contribution >= 0.6 is 7.75 Å². The normalized spacial score (nSPS) is 25.0. The molecule has 220 valence electrons. The number of ether oxygens (including phenoxy) is 3. The highest BCUT2D eigenvalue weighted by Crippen LogP contribution is 2.48. The van der Waals surface area contributed by atoms with Crippen LogP contribution in [0.1, 0.15) is 40.8 Å². The number of para-hydroxylation sites is 1. The van der Waals surface area contributed by atoms with Gasteiger partial charge in [-0.25, -0.2) is 18.5 Å². The molecule has 1 fully saturated rings. The molecule has 0 spiro atoms. The number of hydrogen-bond acceptors (Lipinski definition) is 10. The standard InChI is InChI=1S/C24H31FN3O11P/c1-14(19(30)31)27-40(34,39-15-9-7-6-8-10-15)35-13-16-18(37-22(33)38-23(2,3)4)24(5,25)20(36-16)28-12-11-17(29)26-21(28)32/h6-12,14,16,18,20H,13H2,1-5H3,(H,27,34)(H,30,31)(H,26,29,32)/t14?,16-,18-,20-,24-,40-/m1/s1. The third kappa shape index (κ3) is 7.78. The van der Waals surface area contributed by atoms with Crippen molar-refractivity contribution < 1.29 is 46.9 Å². The molecule has 1 saturated heterocycles. The Kier molecular flexibility index (Phi) is 9.24. The van der Waals surface area contributed by atoms with Crippen LogP contribution in [0.3, 0.4) is 0 Å². The maximum Gasteiger partial charge on any atom is 0.509 e. The molecule has 1 unspecified atom stereocenters. The summed E-state index contributed by atoms with van der Waals surface area (Å²) in [5.74, 6) is -1.30. The summed E-state index contributed by atoms with van der Waals surface area (Å²) in [6.07, 6.45) is -5.30. The number of alkyl halides is 1. The predicted molar refractivity (Wildman–Crippen MR) is 137 cm³/mol. The van der Waals surface area contributed by atoms with Gasteiger partial charge in [0.05, 0.1) is 6.61 Å². The maximum atomic E-state index is 16.3. The highest BCUT2D eigenvalue weighted by Gasteiger charge is 2.59. The SMILES string of the molecule is CC(N[P@@](=O)(OC[C@H]1O[C@@H](n2ccc(=O)[nH]c2=O)[C@](C)(F)[C@@H]1OC(=O)OC(C)(C)C)Oc1ccccc1)C(=O)O. The van der Waals surface area contributed by atoms with E-state index in [0.29, 0.717) is 0 Å². The molecule has 1 aliphatic rings. The van der Waals surface area contributed by atoms with E-state index in [4.69, 9.17) is 23.3 Å². The fraction of sp³-hybridized carbons (Fsp3) is 0.500. The summed E-state index contributed by atoms with van der Waals surface area (Å²) in [5.41, 5.74) is -5.35. The number of carboxylic acid groups (broad SMARTS) is 1. The molecule has 1 aliphatic heterocycles. The number of carboxylic acids is 1. The van der Waals surface area contributed by atoms with Crippen molar-refractivity contribution in [1.29, 1.82) is 0 Å². The summed E-state index contributed by atoms with van der Waals surface area (Å²) < 4.78 is 57.6. The van der Waals surface area contributed by atoms with Gasteiger partial charge in [-0.05, 0) is 46.8 Å². The van der Waals surface area contributed by atoms with Gasteiger partial charge in [0.2, 0.25) is 0 Å². The van der Waals surface area contributed by atoms with Crippen molar-refractivity contribution in [2.75, 3.05) is 6.61 Å². The summed E-state index contributed by atoms with van der Waals surface area (Å²) in [7, 11) is -4.47. The van der Waals surface area contributed by atoms with Crippen LogP contribution in [0.4, 0.5) is 9.18 Å². The number of H-pyrrole nitrogens is 1. The van der Waals surface area contributed by atoms with Crippen molar-refractivity contribution in [1.82, 2.24) is 14.6 Å². The molecule has 6 atom stereocenters. The number of carbonyl (C=O) groups excluding carboxylic acids is 1. The number of aromatic nitrogens is 2. The minimum absolute atomic E-state index is 0.0674. The molecule has 2 aromatic rings. The van der Waals surface area contributed by atoms with Crippen molar-refractivity contribution in [2.45, 2.75) is 70.4 Å². The molecule has 1 aromatic carbocycles. The summed E-state index contributed by atoms with van der Waals surface area (Å²) in [5, 5.41) is 11.6. The summed E-state index contributed by atoms with van der Waals surface area (Å²) in [6, 6.07) is 7.28. The first-order valence-corrected chi connectivity index (χ1v) is 13.6. The lowest BCUT2D eigenvalue weighted by Gasteiger charge is -2.29. The van der Waals surface area contributed by atoms with Gasteiger partial charge in [-0.15, -0.1) is 0 Å². The number of aliphatic carboxylic acids is 1. The summed E-state index contributed by atoms with van der Waals surface area (Å²) in [6.45, 7) is 6.11. The van der Waals surface area contributed by atoms with E-state index in [1.165, 1.54) is 19.1 Å². The lowest BCUT2D eigenvalue weighted by molar-refractivity contribution is -0.138. The van der Waals surface area contributed by atoms with Crippen molar-refractivity contribution in [3.63, 3.8) is 0 Å². The maximum absolute atomic E-state index is 16.3. The van der Waals surface area contributed by atoms with Crippen molar-refractivity contribution >= 4 is 19.9 Å². The number of aromatic amines is 1. The molecular formula is C24H31FN3O11P. The second-order valence-corrected chi connectivity index (χ2v) is 11.8. The third-order valence-corrected chi connectivity index (χ3v) is 7.14. The van der Waals surface area contributed by atoms with Crippen LogP contribution in [0.15, 0.2) is 52.2 Å². The number of halogens is 1. The number of hydrogen-bond donors (Lipinski definition) is 3. The molecule has 0 bridgehead atoms. The van der Waals surface area contributed by atoms with Crippen LogP contribution in [0.25, 0.3) is 0 Å². The van der Waals surface area contributed by atoms with Crippen molar-refractivity contribution in [3.05, 3.63) is 63.4 Å². The van der Waals surface area contributed by atoms with Crippen LogP contribution in [0.2, 0.25) is 0 Å². The van der Waals surface area contributed by atoms with E-state index in [1.807, 2.05) is 4.98 Å². The zero-order valence-electron chi connectivity index (χ0n) is 22.4. The zero-order chi connectivity index (χ0) is 29.9. The highest BCUT2D eigenvalue weighted by atomic mass is 31.2. The Morgan fingerprint density at radius 3 is 2.48 bits per heavy atom. The van der Waals surface area contributed by atoms with Gasteiger partial charge < -0.3 is 23.8 Å². The van der Waals surface area contributed by atoms with Gasteiger partial charge in [0.25, 0.3) is 5.56 Å². The average Bonchev–Trinajstić information content (AvgIpc) is 3.06. The predicted octanol–water partition coefficient (Wildman–Crippen LogP) is 2.75. The van der Waals surface area contributed by atoms with E-state index in [0.717, 1.165) is 23.8 Å². The number of nitrogens with zero attached hydrogens (tertiary/aromatic N) is 1. The van der Waals surface area contributed by atoms with E-state index in [9.17, 15) is 28.8 Å². The lowest BCUT2D eigenvalue weighted by Crippen LogP contribution is -2.46. The number of nitrogens with one attached hydrogen (secondary N) is 2. The molecule has 0 amide bonds. The minimum Gasteiger partial charge on any atom is -0.480 e. The van der Waals surface area contributed by atoms with Gasteiger partial charge in [-0.3, -0.25) is 23.7 Å². The first-order valence-electron chi connectivity index (χ1n) is 12.1. The van der Waals surface area contributed by atoms with Gasteiger partial charge >= 0.3 is 25.6 Å². The molecule has 16 heteroatoms. The molecule has 0 aliphatic carbocycles. The molecule has 14 nitrogen and oxygen atoms in total. The first kappa shape index (κ1) is 31.0. The topological polar surface area (TPSA) is 184 Å². The van der Waals surface area contributed by atoms with Crippen LogP contribution in [-0.4, -0.2) is 62.9 Å². The largest absolute Gasteiger partial charge is 0.509 e. The van der Waals surface area contributed by atoms with Crippen LogP contribution in [0.5, 0.6) is 5.75 Å². The quantitative estimate of drug-likeness (QED) is 0.273. The van der Waals surface area contributed by atoms with Gasteiger partial charge in [0, 0.05) is 12.3 Å². The monoisotopic (exact) mass is 587 g/mol. The average molecular weight is 587 g/mol. The third-order valence-electron chi connectivity index (χ3n) is 5.50. The second-order valence-electron chi connectivity index (χ2n) is 10.1. The molecule has 1 aromatic heterocycles. The Morgan fingerprint density at radius 2 is 1.90 bits per heavy atom. The zero-order valence-corrected chi connectivity index (χ0v) is 23.3. The van der Waals surface area contributed by atoms with E-state index in [2.05, 4.69) is 5.09 Å². The van der Waals surface area contributed by atoms with Crippen LogP contribution in [-0.2, 0) is 28.1 Å². The molecule has 0 saturated carbocycles. The van der Waals surface area contributed by atoms with Crippen LogP contribution in [0, 0.1) is 0 Å². The molecular weight excluding hydrogens is 556 g/mol. The van der Waals surface area contributed by atoms with Gasteiger partial charge in [-0.1, -0.05) is 18.2 Å². The van der Waals surface area contributed by atoms with Gasteiger partial charge in [0.15, 0.2) is 18.0 Å². The first-order chi connectivity index (χ1) is 18.5. The number of rotatable bonds is 10. The molecule has 2 heterocycles.